The van der Waals surface area contributed by atoms with Gasteiger partial charge in [0.2, 0.25) is 0 Å². The molecule has 1 atom stereocenters. The molecule has 0 aliphatic rings. The third-order valence-electron chi connectivity index (χ3n) is 2.40. The molecule has 1 rings (SSSR count). The number of carbonyl (C=O) groups is 1. The molecule has 0 amide bonds. The van der Waals surface area contributed by atoms with Gasteiger partial charge in [-0.2, -0.15) is 0 Å². The van der Waals surface area contributed by atoms with Crippen LogP contribution in [0.25, 0.3) is 0 Å². The average molecular weight is 260 g/mol. The average Bonchev–Trinajstić information content (AvgIpc) is 2.35. The van der Waals surface area contributed by atoms with Crippen LogP contribution in [0.3, 0.4) is 0 Å². The second-order valence-electron chi connectivity index (χ2n) is 3.65. The minimum Gasteiger partial charge on any atom is -0.478 e. The van der Waals surface area contributed by atoms with Crippen molar-refractivity contribution in [3.63, 3.8) is 0 Å². The summed E-state index contributed by atoms with van der Waals surface area (Å²) in [5, 5.41) is 8.76. The van der Waals surface area contributed by atoms with E-state index in [2.05, 4.69) is 9.97 Å². The maximum atomic E-state index is 12.7. The number of alkyl halides is 2. The van der Waals surface area contributed by atoms with E-state index in [1.807, 2.05) is 6.92 Å². The lowest BCUT2D eigenvalue weighted by Gasteiger charge is -2.14. The minimum atomic E-state index is -2.96. The number of rotatable bonds is 6. The van der Waals surface area contributed by atoms with E-state index < -0.39 is 29.8 Å². The molecule has 0 saturated heterocycles. The van der Waals surface area contributed by atoms with E-state index in [0.717, 1.165) is 12.6 Å². The predicted octanol–water partition coefficient (Wildman–Crippen LogP) is 2.60. The maximum Gasteiger partial charge on any atom is 0.339 e. The number of ether oxygens (including phenoxy) is 1. The molecule has 100 valence electrons. The van der Waals surface area contributed by atoms with Gasteiger partial charge in [0.05, 0.1) is 0 Å². The summed E-state index contributed by atoms with van der Waals surface area (Å²) in [5.41, 5.74) is -1.36. The molecule has 1 aromatic heterocycles. The van der Waals surface area contributed by atoms with Crippen LogP contribution in [-0.4, -0.2) is 28.2 Å². The molecule has 0 fully saturated rings. The normalized spacial score (nSPS) is 12.7. The number of hydrogen-bond acceptors (Lipinski definition) is 4. The smallest absolute Gasteiger partial charge is 0.339 e. The van der Waals surface area contributed by atoms with Gasteiger partial charge in [0, 0.05) is 13.3 Å². The molecule has 1 unspecified atom stereocenters. The number of carboxylic acids is 1. The monoisotopic (exact) mass is 260 g/mol. The lowest BCUT2D eigenvalue weighted by atomic mass is 10.1. The number of hydrogen-bond donors (Lipinski definition) is 1. The van der Waals surface area contributed by atoms with Gasteiger partial charge < -0.3 is 9.84 Å². The Balaban J connectivity index is 3.17. The molecule has 0 aliphatic heterocycles. The summed E-state index contributed by atoms with van der Waals surface area (Å²) in [6, 6.07) is 0. The van der Waals surface area contributed by atoms with Gasteiger partial charge in [-0.05, 0) is 6.42 Å². The molecule has 18 heavy (non-hydrogen) atoms. The first-order chi connectivity index (χ1) is 8.51. The van der Waals surface area contributed by atoms with Crippen LogP contribution in [0.15, 0.2) is 6.20 Å². The molecule has 1 N–H and O–H groups in total. The summed E-state index contributed by atoms with van der Waals surface area (Å²) < 4.78 is 30.5. The van der Waals surface area contributed by atoms with E-state index in [4.69, 9.17) is 9.84 Å². The quantitative estimate of drug-likeness (QED) is 0.851. The highest BCUT2D eigenvalue weighted by molar-refractivity contribution is 5.88. The van der Waals surface area contributed by atoms with Crippen molar-refractivity contribution in [3.05, 3.63) is 23.3 Å². The van der Waals surface area contributed by atoms with Gasteiger partial charge in [-0.3, -0.25) is 0 Å². The highest BCUT2D eigenvalue weighted by atomic mass is 19.3. The van der Waals surface area contributed by atoms with E-state index in [0.29, 0.717) is 6.42 Å². The number of carboxylic acid groups (broad SMARTS) is 1. The van der Waals surface area contributed by atoms with Gasteiger partial charge >= 0.3 is 5.97 Å². The largest absolute Gasteiger partial charge is 0.478 e. The first-order valence-electron chi connectivity index (χ1n) is 5.42. The molecule has 5 nitrogen and oxygen atoms in total. The first-order valence-corrected chi connectivity index (χ1v) is 5.42. The molecule has 0 saturated carbocycles. The lowest BCUT2D eigenvalue weighted by molar-refractivity contribution is 0.0674. The standard InChI is InChI=1S/C11H14F2N2O3/c1-3-4-7(18-2)10-14-5-6(11(16)17)8(15-10)9(12)13/h5,7,9H,3-4H2,1-2H3,(H,16,17). The van der Waals surface area contributed by atoms with Gasteiger partial charge in [0.25, 0.3) is 6.43 Å². The lowest BCUT2D eigenvalue weighted by Crippen LogP contribution is -2.13. The zero-order valence-corrected chi connectivity index (χ0v) is 10.1. The van der Waals surface area contributed by atoms with Crippen molar-refractivity contribution in [1.29, 1.82) is 0 Å². The highest BCUT2D eigenvalue weighted by Crippen LogP contribution is 2.24. The summed E-state index contributed by atoms with van der Waals surface area (Å²) in [7, 11) is 1.43. The summed E-state index contributed by atoms with van der Waals surface area (Å²) in [4.78, 5) is 18.2. The second-order valence-corrected chi connectivity index (χ2v) is 3.65. The van der Waals surface area contributed by atoms with Crippen molar-refractivity contribution in [2.45, 2.75) is 32.3 Å². The molecule has 0 radical (unpaired) electrons. The van der Waals surface area contributed by atoms with Crippen LogP contribution in [0.4, 0.5) is 8.78 Å². The molecule has 1 heterocycles. The second kappa shape index (κ2) is 6.34. The van der Waals surface area contributed by atoms with Crippen molar-refractivity contribution in [1.82, 2.24) is 9.97 Å². The summed E-state index contributed by atoms with van der Waals surface area (Å²) in [5.74, 6) is -1.39. The predicted molar refractivity (Wildman–Crippen MR) is 58.6 cm³/mol. The van der Waals surface area contributed by atoms with Crippen LogP contribution < -0.4 is 0 Å². The Kier molecular flexibility index (Phi) is 5.08. The van der Waals surface area contributed by atoms with Crippen LogP contribution in [0, 0.1) is 0 Å². The molecule has 0 bridgehead atoms. The van der Waals surface area contributed by atoms with Gasteiger partial charge in [-0.1, -0.05) is 13.3 Å². The van der Waals surface area contributed by atoms with Crippen LogP contribution in [0.1, 0.15) is 54.2 Å². The topological polar surface area (TPSA) is 72.3 Å². The molecular weight excluding hydrogens is 246 g/mol. The Hall–Kier alpha value is -1.63. The number of nitrogens with zero attached hydrogens (tertiary/aromatic N) is 2. The summed E-state index contributed by atoms with van der Waals surface area (Å²) in [6.07, 6.45) is -1.22. The first kappa shape index (κ1) is 14.4. The highest BCUT2D eigenvalue weighted by Gasteiger charge is 2.23. The maximum absolute atomic E-state index is 12.7. The fourth-order valence-corrected chi connectivity index (χ4v) is 1.51. The Morgan fingerprint density at radius 2 is 2.22 bits per heavy atom. The van der Waals surface area contributed by atoms with Gasteiger partial charge in [0.1, 0.15) is 17.4 Å². The van der Waals surface area contributed by atoms with Crippen molar-refractivity contribution in [2.75, 3.05) is 7.11 Å². The molecule has 0 aliphatic carbocycles. The van der Waals surface area contributed by atoms with E-state index in [1.165, 1.54) is 7.11 Å². The number of methoxy groups -OCH3 is 1. The molecule has 7 heteroatoms. The summed E-state index contributed by atoms with van der Waals surface area (Å²) in [6.45, 7) is 1.91. The van der Waals surface area contributed by atoms with Crippen LogP contribution in [-0.2, 0) is 4.74 Å². The minimum absolute atomic E-state index is 0.0830. The van der Waals surface area contributed by atoms with E-state index >= 15 is 0 Å². The third-order valence-corrected chi connectivity index (χ3v) is 2.40. The molecular formula is C11H14F2N2O3. The molecule has 0 aromatic carbocycles. The van der Waals surface area contributed by atoms with Gasteiger partial charge in [-0.25, -0.2) is 23.5 Å². The van der Waals surface area contributed by atoms with Crippen LogP contribution in [0.2, 0.25) is 0 Å². The van der Waals surface area contributed by atoms with Crippen molar-refractivity contribution in [2.24, 2.45) is 0 Å². The van der Waals surface area contributed by atoms with E-state index in [1.54, 1.807) is 0 Å². The van der Waals surface area contributed by atoms with Crippen LogP contribution in [0.5, 0.6) is 0 Å². The van der Waals surface area contributed by atoms with Crippen molar-refractivity contribution < 1.29 is 23.4 Å². The molecule has 1 aromatic rings. The van der Waals surface area contributed by atoms with Crippen LogP contribution >= 0.6 is 0 Å². The Morgan fingerprint density at radius 1 is 1.56 bits per heavy atom. The number of halogens is 2. The van der Waals surface area contributed by atoms with Crippen molar-refractivity contribution in [3.8, 4) is 0 Å². The summed E-state index contributed by atoms with van der Waals surface area (Å²) >= 11 is 0. The van der Waals surface area contributed by atoms with Crippen molar-refractivity contribution >= 4 is 5.97 Å². The molecule has 0 spiro atoms. The zero-order valence-electron chi connectivity index (χ0n) is 10.1. The fourth-order valence-electron chi connectivity index (χ4n) is 1.51. The fraction of sp³-hybridized carbons (Fsp3) is 0.545. The van der Waals surface area contributed by atoms with Gasteiger partial charge in [-0.15, -0.1) is 0 Å². The zero-order chi connectivity index (χ0) is 13.7. The third kappa shape index (κ3) is 3.19. The SMILES string of the molecule is CCCC(OC)c1ncc(C(=O)O)c(C(F)F)n1. The number of aromatic carboxylic acids is 1. The van der Waals surface area contributed by atoms with E-state index in [-0.39, 0.29) is 5.82 Å². The Labute approximate surface area is 103 Å². The van der Waals surface area contributed by atoms with E-state index in [9.17, 15) is 13.6 Å². The van der Waals surface area contributed by atoms with Gasteiger partial charge in [0.15, 0.2) is 5.82 Å². The number of aromatic nitrogens is 2. The Morgan fingerprint density at radius 3 is 2.67 bits per heavy atom. The Bertz CT molecular complexity index is 427.